The first-order valence-electron chi connectivity index (χ1n) is 10.6. The Morgan fingerprint density at radius 1 is 0.903 bits per heavy atom. The first-order valence-corrected chi connectivity index (χ1v) is 11.4. The van der Waals surface area contributed by atoms with Gasteiger partial charge in [0.1, 0.15) is 23.7 Å². The van der Waals surface area contributed by atoms with Gasteiger partial charge >= 0.3 is 0 Å². The molecule has 4 heteroatoms. The second kappa shape index (κ2) is 8.58. The molecule has 0 saturated heterocycles. The molecule has 5 rings (SSSR count). The largest absolute Gasteiger partial charge is 0.489 e. The molecule has 4 aromatic rings. The van der Waals surface area contributed by atoms with E-state index in [1.165, 1.54) is 0 Å². The third-order valence-electron chi connectivity index (χ3n) is 5.54. The van der Waals surface area contributed by atoms with Crippen molar-refractivity contribution in [3.8, 4) is 17.2 Å². The molecule has 1 heterocycles. The van der Waals surface area contributed by atoms with Gasteiger partial charge in [0.25, 0.3) is 0 Å². The SMILES string of the molecule is OC1(c2sc3ccccc3c2Oc2cccc(OCc3ccccc3)c2)C=CCCC1. The second-order valence-corrected chi connectivity index (χ2v) is 8.88. The lowest BCUT2D eigenvalue weighted by molar-refractivity contribution is 0.0745. The zero-order valence-electron chi connectivity index (χ0n) is 17.2. The van der Waals surface area contributed by atoms with Crippen molar-refractivity contribution in [1.82, 2.24) is 0 Å². The van der Waals surface area contributed by atoms with E-state index < -0.39 is 5.60 Å². The van der Waals surface area contributed by atoms with Gasteiger partial charge in [0.05, 0.1) is 4.88 Å². The van der Waals surface area contributed by atoms with Crippen LogP contribution >= 0.6 is 11.3 Å². The Morgan fingerprint density at radius 2 is 1.71 bits per heavy atom. The summed E-state index contributed by atoms with van der Waals surface area (Å²) >= 11 is 1.60. The van der Waals surface area contributed by atoms with E-state index in [2.05, 4.69) is 18.2 Å². The maximum atomic E-state index is 11.4. The molecule has 0 aliphatic heterocycles. The van der Waals surface area contributed by atoms with Crippen LogP contribution in [0.5, 0.6) is 17.2 Å². The quantitative estimate of drug-likeness (QED) is 0.330. The van der Waals surface area contributed by atoms with Gasteiger partial charge in [0, 0.05) is 16.2 Å². The van der Waals surface area contributed by atoms with Gasteiger partial charge in [-0.05, 0) is 49.1 Å². The summed E-state index contributed by atoms with van der Waals surface area (Å²) in [6.07, 6.45) is 6.66. The number of aliphatic hydroxyl groups is 1. The number of hydrogen-bond acceptors (Lipinski definition) is 4. The van der Waals surface area contributed by atoms with Crippen LogP contribution in [0.3, 0.4) is 0 Å². The summed E-state index contributed by atoms with van der Waals surface area (Å²) in [5.41, 5.74) is 0.129. The number of benzene rings is 3. The number of ether oxygens (including phenoxy) is 2. The van der Waals surface area contributed by atoms with Gasteiger partial charge in [-0.1, -0.05) is 60.7 Å². The van der Waals surface area contributed by atoms with Crippen molar-refractivity contribution in [3.05, 3.63) is 101 Å². The summed E-state index contributed by atoms with van der Waals surface area (Å²) in [6, 6.07) is 25.9. The van der Waals surface area contributed by atoms with Crippen LogP contribution < -0.4 is 9.47 Å². The lowest BCUT2D eigenvalue weighted by atomic mass is 9.89. The first-order chi connectivity index (χ1) is 15.2. The van der Waals surface area contributed by atoms with E-state index >= 15 is 0 Å². The summed E-state index contributed by atoms with van der Waals surface area (Å²) in [4.78, 5) is 0.861. The van der Waals surface area contributed by atoms with Crippen molar-refractivity contribution in [2.45, 2.75) is 31.5 Å². The summed E-state index contributed by atoms with van der Waals surface area (Å²) in [5, 5.41) is 12.4. The van der Waals surface area contributed by atoms with Gasteiger partial charge in [-0.25, -0.2) is 0 Å². The average Bonchev–Trinajstić information content (AvgIpc) is 3.19. The van der Waals surface area contributed by atoms with Crippen LogP contribution in [0.2, 0.25) is 0 Å². The van der Waals surface area contributed by atoms with Crippen LogP contribution in [0, 0.1) is 0 Å². The third kappa shape index (κ3) is 4.22. The van der Waals surface area contributed by atoms with E-state index in [9.17, 15) is 5.11 Å². The van der Waals surface area contributed by atoms with Crippen molar-refractivity contribution >= 4 is 21.4 Å². The molecule has 0 bridgehead atoms. The number of allylic oxidation sites excluding steroid dienone is 1. The molecule has 1 N–H and O–H groups in total. The highest BCUT2D eigenvalue weighted by molar-refractivity contribution is 7.19. The van der Waals surface area contributed by atoms with Gasteiger partial charge in [0.2, 0.25) is 0 Å². The predicted molar refractivity (Wildman–Crippen MR) is 126 cm³/mol. The minimum atomic E-state index is -0.987. The molecule has 1 atom stereocenters. The molecule has 0 saturated carbocycles. The Kier molecular flexibility index (Phi) is 5.49. The molecular formula is C27H24O3S. The molecule has 3 aromatic carbocycles. The molecule has 1 aromatic heterocycles. The Morgan fingerprint density at radius 3 is 2.55 bits per heavy atom. The Balaban J connectivity index is 1.46. The summed E-state index contributed by atoms with van der Waals surface area (Å²) in [7, 11) is 0. The fraction of sp³-hybridized carbons (Fsp3) is 0.185. The van der Waals surface area contributed by atoms with Crippen molar-refractivity contribution in [2.75, 3.05) is 0 Å². The smallest absolute Gasteiger partial charge is 0.152 e. The number of thiophene rings is 1. The Labute approximate surface area is 186 Å². The van der Waals surface area contributed by atoms with E-state index in [1.54, 1.807) is 11.3 Å². The normalized spacial score (nSPS) is 18.2. The molecule has 0 amide bonds. The minimum Gasteiger partial charge on any atom is -0.489 e. The summed E-state index contributed by atoms with van der Waals surface area (Å²) < 4.78 is 13.5. The average molecular weight is 429 g/mol. The molecule has 1 aliphatic rings. The van der Waals surface area contributed by atoms with Gasteiger partial charge in [0.15, 0.2) is 5.75 Å². The molecule has 31 heavy (non-hydrogen) atoms. The molecular weight excluding hydrogens is 404 g/mol. The highest BCUT2D eigenvalue weighted by Gasteiger charge is 2.34. The van der Waals surface area contributed by atoms with E-state index in [4.69, 9.17) is 9.47 Å². The van der Waals surface area contributed by atoms with Crippen molar-refractivity contribution in [2.24, 2.45) is 0 Å². The fourth-order valence-electron chi connectivity index (χ4n) is 3.93. The molecule has 1 aliphatic carbocycles. The van der Waals surface area contributed by atoms with E-state index in [0.717, 1.165) is 44.9 Å². The number of hydrogen-bond donors (Lipinski definition) is 1. The van der Waals surface area contributed by atoms with Crippen molar-refractivity contribution in [3.63, 3.8) is 0 Å². The maximum Gasteiger partial charge on any atom is 0.152 e. The zero-order valence-corrected chi connectivity index (χ0v) is 18.0. The van der Waals surface area contributed by atoms with Crippen LogP contribution in [0.15, 0.2) is 91.0 Å². The van der Waals surface area contributed by atoms with Crippen molar-refractivity contribution in [1.29, 1.82) is 0 Å². The van der Waals surface area contributed by atoms with Crippen LogP contribution in [-0.4, -0.2) is 5.11 Å². The molecule has 0 spiro atoms. The summed E-state index contributed by atoms with van der Waals surface area (Å²) in [6.45, 7) is 0.501. The van der Waals surface area contributed by atoms with Gasteiger partial charge in [-0.3, -0.25) is 0 Å². The number of fused-ring (bicyclic) bond motifs is 1. The third-order valence-corrected chi connectivity index (χ3v) is 6.86. The molecule has 0 fully saturated rings. The molecule has 3 nitrogen and oxygen atoms in total. The number of rotatable bonds is 6. The van der Waals surface area contributed by atoms with Gasteiger partial charge < -0.3 is 14.6 Å². The van der Waals surface area contributed by atoms with E-state index in [1.807, 2.05) is 72.8 Å². The Hall–Kier alpha value is -3.08. The van der Waals surface area contributed by atoms with Crippen LogP contribution in [0.4, 0.5) is 0 Å². The highest BCUT2D eigenvalue weighted by atomic mass is 32.1. The lowest BCUT2D eigenvalue weighted by Gasteiger charge is -2.27. The van der Waals surface area contributed by atoms with Gasteiger partial charge in [-0.15, -0.1) is 11.3 Å². The molecule has 0 radical (unpaired) electrons. The maximum absolute atomic E-state index is 11.4. The van der Waals surface area contributed by atoms with Crippen molar-refractivity contribution < 1.29 is 14.6 Å². The molecule has 156 valence electrons. The zero-order chi connectivity index (χ0) is 21.1. The van der Waals surface area contributed by atoms with Crippen LogP contribution in [0.25, 0.3) is 10.1 Å². The van der Waals surface area contributed by atoms with E-state index in [-0.39, 0.29) is 0 Å². The Bertz CT molecular complexity index is 1210. The topological polar surface area (TPSA) is 38.7 Å². The molecule has 1 unspecified atom stereocenters. The lowest BCUT2D eigenvalue weighted by Crippen LogP contribution is -2.24. The van der Waals surface area contributed by atoms with Crippen LogP contribution in [-0.2, 0) is 12.2 Å². The minimum absolute atomic E-state index is 0.501. The predicted octanol–water partition coefficient (Wildman–Crippen LogP) is 7.20. The fourth-order valence-corrected chi connectivity index (χ4v) is 5.16. The van der Waals surface area contributed by atoms with E-state index in [0.29, 0.717) is 18.8 Å². The summed E-state index contributed by atoms with van der Waals surface area (Å²) in [5.74, 6) is 2.17. The monoisotopic (exact) mass is 428 g/mol. The first kappa shape index (κ1) is 19.9. The highest BCUT2D eigenvalue weighted by Crippen LogP contribution is 2.48. The van der Waals surface area contributed by atoms with Crippen LogP contribution in [0.1, 0.15) is 29.7 Å². The van der Waals surface area contributed by atoms with Gasteiger partial charge in [-0.2, -0.15) is 0 Å². The second-order valence-electron chi connectivity index (χ2n) is 7.83. The standard InChI is InChI=1S/C27H24O3S/c28-27(16-7-2-8-17-27)26-25(23-14-5-6-15-24(23)31-26)30-22-13-9-12-21(18-22)29-19-20-10-3-1-4-11-20/h1,3-7,9-16,18,28H,2,8,17,19H2.